The monoisotopic (exact) mass is 468 g/mol. The van der Waals surface area contributed by atoms with Crippen LogP contribution < -0.4 is 5.19 Å². The minimum atomic E-state index is -1.60. The zero-order chi connectivity index (χ0) is 23.7. The SMILES string of the molecule is C[Si](C)(C)c1cc(-c2ncnc3c2nc2c4ccccc4c4ccccc4n32)cc2ccccc12. The van der Waals surface area contributed by atoms with Crippen LogP contribution in [0, 0.1) is 0 Å². The molecule has 0 saturated carbocycles. The molecule has 0 atom stereocenters. The van der Waals surface area contributed by atoms with Gasteiger partial charge >= 0.3 is 0 Å². The van der Waals surface area contributed by atoms with Crippen molar-refractivity contribution in [2.24, 2.45) is 0 Å². The third kappa shape index (κ3) is 2.95. The molecular formula is C30H24N4Si. The summed E-state index contributed by atoms with van der Waals surface area (Å²) in [5, 5.41) is 7.55. The van der Waals surface area contributed by atoms with Gasteiger partial charge in [0.05, 0.1) is 13.6 Å². The van der Waals surface area contributed by atoms with Crippen LogP contribution in [0.5, 0.6) is 0 Å². The number of rotatable bonds is 2. The Morgan fingerprint density at radius 2 is 1.34 bits per heavy atom. The summed E-state index contributed by atoms with van der Waals surface area (Å²) in [5.74, 6) is 0. The first-order valence-electron chi connectivity index (χ1n) is 12.0. The molecule has 0 N–H and O–H groups in total. The van der Waals surface area contributed by atoms with Crippen LogP contribution in [-0.2, 0) is 0 Å². The molecule has 168 valence electrons. The summed E-state index contributed by atoms with van der Waals surface area (Å²) in [6.07, 6.45) is 1.68. The number of hydrogen-bond donors (Lipinski definition) is 0. The van der Waals surface area contributed by atoms with Gasteiger partial charge in [-0.3, -0.25) is 4.40 Å². The quantitative estimate of drug-likeness (QED) is 0.204. The van der Waals surface area contributed by atoms with E-state index in [1.165, 1.54) is 26.7 Å². The van der Waals surface area contributed by atoms with Crippen LogP contribution in [0.2, 0.25) is 19.6 Å². The lowest BCUT2D eigenvalue weighted by atomic mass is 10.0. The maximum absolute atomic E-state index is 5.19. The summed E-state index contributed by atoms with van der Waals surface area (Å²) in [4.78, 5) is 14.7. The van der Waals surface area contributed by atoms with Gasteiger partial charge in [0.2, 0.25) is 0 Å². The zero-order valence-electron chi connectivity index (χ0n) is 19.9. The van der Waals surface area contributed by atoms with Crippen LogP contribution in [0.3, 0.4) is 0 Å². The van der Waals surface area contributed by atoms with Gasteiger partial charge in [-0.15, -0.1) is 0 Å². The molecule has 0 aliphatic heterocycles. The third-order valence-corrected chi connectivity index (χ3v) is 9.02. The number of aromatic nitrogens is 4. The van der Waals surface area contributed by atoms with Gasteiger partial charge < -0.3 is 0 Å². The minimum Gasteiger partial charge on any atom is -0.276 e. The molecule has 0 spiro atoms. The molecule has 0 saturated heterocycles. The van der Waals surface area contributed by atoms with Gasteiger partial charge in [0.15, 0.2) is 5.65 Å². The van der Waals surface area contributed by atoms with Gasteiger partial charge in [-0.2, -0.15) is 0 Å². The summed E-state index contributed by atoms with van der Waals surface area (Å²) in [5.41, 5.74) is 5.69. The Bertz CT molecular complexity index is 1950. The summed E-state index contributed by atoms with van der Waals surface area (Å²) >= 11 is 0. The van der Waals surface area contributed by atoms with Crippen molar-refractivity contribution in [2.45, 2.75) is 19.6 Å². The highest BCUT2D eigenvalue weighted by Gasteiger charge is 2.23. The van der Waals surface area contributed by atoms with Crippen molar-refractivity contribution in [3.8, 4) is 11.3 Å². The molecule has 7 rings (SSSR count). The Morgan fingerprint density at radius 1 is 0.657 bits per heavy atom. The van der Waals surface area contributed by atoms with E-state index in [2.05, 4.69) is 109 Å². The molecule has 3 aromatic heterocycles. The molecule has 3 heterocycles. The van der Waals surface area contributed by atoms with E-state index >= 15 is 0 Å². The first kappa shape index (κ1) is 20.3. The number of hydrogen-bond acceptors (Lipinski definition) is 3. The molecule has 0 amide bonds. The Kier molecular flexibility index (Phi) is 4.18. The first-order valence-corrected chi connectivity index (χ1v) is 15.5. The molecule has 7 aromatic rings. The molecule has 4 nitrogen and oxygen atoms in total. The largest absolute Gasteiger partial charge is 0.276 e. The van der Waals surface area contributed by atoms with E-state index in [1.807, 2.05) is 0 Å². The number of para-hydroxylation sites is 1. The lowest BCUT2D eigenvalue weighted by Crippen LogP contribution is -2.38. The van der Waals surface area contributed by atoms with Crippen molar-refractivity contribution in [2.75, 3.05) is 0 Å². The molecular weight excluding hydrogens is 444 g/mol. The molecule has 0 aliphatic carbocycles. The maximum atomic E-state index is 5.19. The normalized spacial score (nSPS) is 12.4. The lowest BCUT2D eigenvalue weighted by molar-refractivity contribution is 1.18. The Morgan fingerprint density at radius 3 is 2.14 bits per heavy atom. The smallest absolute Gasteiger partial charge is 0.168 e. The number of nitrogens with zero attached hydrogens (tertiary/aromatic N) is 4. The van der Waals surface area contributed by atoms with Crippen LogP contribution in [0.4, 0.5) is 0 Å². The maximum Gasteiger partial charge on any atom is 0.168 e. The zero-order valence-corrected chi connectivity index (χ0v) is 20.9. The highest BCUT2D eigenvalue weighted by atomic mass is 28.3. The fourth-order valence-electron chi connectivity index (χ4n) is 5.39. The van der Waals surface area contributed by atoms with Crippen LogP contribution in [0.25, 0.3) is 60.5 Å². The van der Waals surface area contributed by atoms with Gasteiger partial charge in [-0.05, 0) is 28.3 Å². The number of benzene rings is 4. The van der Waals surface area contributed by atoms with Crippen LogP contribution in [0.1, 0.15) is 0 Å². The third-order valence-electron chi connectivity index (χ3n) is 6.99. The first-order chi connectivity index (χ1) is 17.0. The van der Waals surface area contributed by atoms with E-state index < -0.39 is 8.07 Å². The second-order valence-electron chi connectivity index (χ2n) is 10.2. The van der Waals surface area contributed by atoms with Gasteiger partial charge in [0.1, 0.15) is 23.2 Å². The van der Waals surface area contributed by atoms with E-state index in [9.17, 15) is 0 Å². The summed E-state index contributed by atoms with van der Waals surface area (Å²) < 4.78 is 2.19. The van der Waals surface area contributed by atoms with Crippen LogP contribution in [0.15, 0.2) is 91.3 Å². The molecule has 0 radical (unpaired) electrons. The highest BCUT2D eigenvalue weighted by molar-refractivity contribution is 6.90. The van der Waals surface area contributed by atoms with Crippen LogP contribution in [-0.4, -0.2) is 27.4 Å². The van der Waals surface area contributed by atoms with Crippen molar-refractivity contribution in [3.05, 3.63) is 91.3 Å². The van der Waals surface area contributed by atoms with Gasteiger partial charge in [-0.25, -0.2) is 15.0 Å². The number of pyridine rings is 1. The number of imidazole rings is 1. The molecule has 4 aromatic carbocycles. The number of fused-ring (bicyclic) bond motifs is 9. The van der Waals surface area contributed by atoms with Gasteiger partial charge in [-0.1, -0.05) is 97.6 Å². The molecule has 0 bridgehead atoms. The molecule has 5 heteroatoms. The Labute approximate surface area is 203 Å². The minimum absolute atomic E-state index is 0.839. The molecule has 0 unspecified atom stereocenters. The fourth-order valence-corrected chi connectivity index (χ4v) is 7.01. The van der Waals surface area contributed by atoms with E-state index in [-0.39, 0.29) is 0 Å². The predicted molar refractivity (Wildman–Crippen MR) is 149 cm³/mol. The van der Waals surface area contributed by atoms with Crippen molar-refractivity contribution in [1.29, 1.82) is 0 Å². The fraction of sp³-hybridized carbons (Fsp3) is 0.100. The molecule has 0 aliphatic rings. The summed E-state index contributed by atoms with van der Waals surface area (Å²) in [6, 6.07) is 30.3. The second-order valence-corrected chi connectivity index (χ2v) is 15.3. The van der Waals surface area contributed by atoms with Gasteiger partial charge in [0.25, 0.3) is 0 Å². The van der Waals surface area contributed by atoms with Crippen molar-refractivity contribution in [1.82, 2.24) is 19.4 Å². The average molecular weight is 469 g/mol. The topological polar surface area (TPSA) is 43.1 Å². The van der Waals surface area contributed by atoms with Gasteiger partial charge in [0, 0.05) is 16.3 Å². The van der Waals surface area contributed by atoms with Crippen LogP contribution >= 0.6 is 0 Å². The van der Waals surface area contributed by atoms with E-state index in [1.54, 1.807) is 6.33 Å². The predicted octanol–water partition coefficient (Wildman–Crippen LogP) is 6.95. The average Bonchev–Trinajstić information content (AvgIpc) is 3.28. The molecule has 0 fully saturated rings. The summed E-state index contributed by atoms with van der Waals surface area (Å²) in [7, 11) is -1.60. The lowest BCUT2D eigenvalue weighted by Gasteiger charge is -2.20. The van der Waals surface area contributed by atoms with Crippen molar-refractivity contribution < 1.29 is 0 Å². The van der Waals surface area contributed by atoms with E-state index in [0.717, 1.165) is 39.0 Å². The summed E-state index contributed by atoms with van der Waals surface area (Å²) in [6.45, 7) is 7.20. The standard InChI is InChI=1S/C30H24N4Si/c1-35(2,3)26-17-20(16-19-10-4-5-11-21(19)26)27-28-30(32-18-31-27)34-25-15-9-8-13-23(25)22-12-6-7-14-24(22)29(34)33-28/h4-18H,1-3H3. The second kappa shape index (κ2) is 7.20. The van der Waals surface area contributed by atoms with Crippen molar-refractivity contribution in [3.63, 3.8) is 0 Å². The van der Waals surface area contributed by atoms with E-state index in [4.69, 9.17) is 15.0 Å². The van der Waals surface area contributed by atoms with Crippen molar-refractivity contribution >= 4 is 62.5 Å². The van der Waals surface area contributed by atoms with E-state index in [0.29, 0.717) is 0 Å². The Hall–Kier alpha value is -4.09. The highest BCUT2D eigenvalue weighted by Crippen LogP contribution is 2.34. The Balaban J connectivity index is 1.63. The molecule has 35 heavy (non-hydrogen) atoms.